The first-order valence-electron chi connectivity index (χ1n) is 11.4. The molecule has 8 heteroatoms. The van der Waals surface area contributed by atoms with E-state index in [4.69, 9.17) is 0 Å². The normalized spacial score (nSPS) is 25.3. The summed E-state index contributed by atoms with van der Waals surface area (Å²) in [6, 6.07) is 4.08. The molecule has 32 heavy (non-hydrogen) atoms. The minimum atomic E-state index is -0.0894. The van der Waals surface area contributed by atoms with E-state index in [1.165, 1.54) is 0 Å². The third kappa shape index (κ3) is 3.56. The summed E-state index contributed by atoms with van der Waals surface area (Å²) >= 11 is 0. The molecule has 4 aliphatic rings. The number of hydrogen-bond acceptors (Lipinski definition) is 5. The molecule has 2 aromatic rings. The molecule has 0 radical (unpaired) electrons. The average molecular weight is 437 g/mol. The minimum absolute atomic E-state index is 0.0617. The third-order valence-electron chi connectivity index (χ3n) is 6.88. The van der Waals surface area contributed by atoms with Gasteiger partial charge in [0.05, 0.1) is 5.69 Å². The van der Waals surface area contributed by atoms with E-state index in [1.54, 1.807) is 29.1 Å². The Kier molecular flexibility index (Phi) is 5.00. The van der Waals surface area contributed by atoms with Crippen LogP contribution in [0.3, 0.4) is 0 Å². The number of carbonyl (C=O) groups is 1. The predicted octanol–water partition coefficient (Wildman–Crippen LogP) is 2.30. The fourth-order valence-corrected chi connectivity index (χ4v) is 5.47. The van der Waals surface area contributed by atoms with Crippen LogP contribution < -0.4 is 10.6 Å². The smallest absolute Gasteiger partial charge is 0.327 e. The summed E-state index contributed by atoms with van der Waals surface area (Å²) in [6.45, 7) is 9.08. The van der Waals surface area contributed by atoms with E-state index in [-0.39, 0.29) is 29.2 Å². The molecule has 0 spiro atoms. The van der Waals surface area contributed by atoms with Crippen LogP contribution >= 0.6 is 0 Å². The van der Waals surface area contributed by atoms with Crippen LogP contribution in [0.4, 0.5) is 5.82 Å². The highest BCUT2D eigenvalue weighted by Gasteiger charge is 2.45. The molecule has 6 heterocycles. The summed E-state index contributed by atoms with van der Waals surface area (Å²) < 4.78 is 1.72. The largest absolute Gasteiger partial charge is 0.336 e. The van der Waals surface area contributed by atoms with Crippen LogP contribution in [0.5, 0.6) is 0 Å². The maximum Gasteiger partial charge on any atom is 0.327 e. The Labute approximate surface area is 188 Å². The van der Waals surface area contributed by atoms with Crippen molar-refractivity contribution in [2.24, 2.45) is 12.5 Å². The minimum Gasteiger partial charge on any atom is -0.336 e. The van der Waals surface area contributed by atoms with Gasteiger partial charge in [-0.1, -0.05) is 20.8 Å². The van der Waals surface area contributed by atoms with Crippen LogP contribution in [0.15, 0.2) is 35.4 Å². The molecule has 3 unspecified atom stereocenters. The summed E-state index contributed by atoms with van der Waals surface area (Å²) in [7, 11) is 1.83. The van der Waals surface area contributed by atoms with Gasteiger partial charge in [-0.25, -0.2) is 4.79 Å². The van der Waals surface area contributed by atoms with Gasteiger partial charge in [0.2, 0.25) is 0 Å². The van der Waals surface area contributed by atoms with Crippen molar-refractivity contribution in [3.8, 4) is 0 Å². The van der Waals surface area contributed by atoms with Crippen LogP contribution in [0.2, 0.25) is 0 Å². The van der Waals surface area contributed by atoms with Crippen LogP contribution in [0, 0.1) is 5.41 Å². The lowest BCUT2D eigenvalue weighted by Gasteiger charge is -2.56. The number of piperidine rings is 2. The predicted molar refractivity (Wildman–Crippen MR) is 124 cm³/mol. The van der Waals surface area contributed by atoms with Crippen LogP contribution in [-0.4, -0.2) is 68.1 Å². The lowest BCUT2D eigenvalue weighted by Crippen LogP contribution is -2.68. The standard InChI is InChI=1S/C24H32N6O2/c1-24(2,3)15-30-20(8-7-19-21(30)27(4)23(32)26-19)28-13-18-6-5-17(28)14-29(18)22(31)16-9-11-25-12-10-16/h7-12,17-18,20H,5-6,13-15H2,1-4H3,(H,26,32). The average Bonchev–Trinajstić information content (AvgIpc) is 3.07. The number of fused-ring (bicyclic) bond motifs is 4. The highest BCUT2D eigenvalue weighted by atomic mass is 16.2. The molecule has 0 saturated carbocycles. The molecule has 1 amide bonds. The van der Waals surface area contributed by atoms with Gasteiger partial charge in [0.25, 0.3) is 5.91 Å². The number of aromatic amines is 1. The van der Waals surface area contributed by atoms with Crippen molar-refractivity contribution in [2.75, 3.05) is 24.5 Å². The second-order valence-corrected chi connectivity index (χ2v) is 10.5. The number of hydrogen-bond donors (Lipinski definition) is 1. The molecule has 0 aromatic carbocycles. The summed E-state index contributed by atoms with van der Waals surface area (Å²) in [5, 5.41) is 0. The Bertz CT molecular complexity index is 1100. The number of carbonyl (C=O) groups excluding carboxylic acids is 1. The number of anilines is 1. The van der Waals surface area contributed by atoms with Crippen molar-refractivity contribution in [1.82, 2.24) is 24.3 Å². The van der Waals surface area contributed by atoms with E-state index in [2.05, 4.69) is 51.5 Å². The van der Waals surface area contributed by atoms with Gasteiger partial charge in [0.1, 0.15) is 12.0 Å². The Morgan fingerprint density at radius 2 is 1.88 bits per heavy atom. The molecule has 1 N–H and O–H groups in total. The lowest BCUT2D eigenvalue weighted by molar-refractivity contribution is -0.0247. The number of imidazole rings is 1. The highest BCUT2D eigenvalue weighted by Crippen LogP contribution is 2.37. The van der Waals surface area contributed by atoms with Gasteiger partial charge in [0, 0.05) is 56.7 Å². The number of nitrogens with one attached hydrogen (secondary N) is 1. The van der Waals surface area contributed by atoms with E-state index in [0.29, 0.717) is 11.6 Å². The molecule has 6 rings (SSSR count). The van der Waals surface area contributed by atoms with Crippen LogP contribution in [-0.2, 0) is 7.05 Å². The fourth-order valence-electron chi connectivity index (χ4n) is 5.47. The van der Waals surface area contributed by atoms with Crippen molar-refractivity contribution in [3.63, 3.8) is 0 Å². The molecule has 3 atom stereocenters. The first kappa shape index (κ1) is 21.0. The molecule has 2 bridgehead atoms. The van der Waals surface area contributed by atoms with E-state index >= 15 is 0 Å². The molecular formula is C24H32N6O2. The van der Waals surface area contributed by atoms with Crippen molar-refractivity contribution in [1.29, 1.82) is 0 Å². The Balaban J connectivity index is 1.43. The molecule has 170 valence electrons. The topological polar surface area (TPSA) is 77.5 Å². The molecule has 2 aromatic heterocycles. The van der Waals surface area contributed by atoms with Gasteiger partial charge < -0.3 is 14.8 Å². The number of rotatable bonds is 3. The zero-order valence-corrected chi connectivity index (χ0v) is 19.3. The first-order chi connectivity index (χ1) is 15.2. The Morgan fingerprint density at radius 1 is 1.16 bits per heavy atom. The second kappa shape index (κ2) is 7.62. The quantitative estimate of drug-likeness (QED) is 0.799. The van der Waals surface area contributed by atoms with Gasteiger partial charge >= 0.3 is 5.69 Å². The molecule has 0 aliphatic carbocycles. The van der Waals surface area contributed by atoms with Crippen molar-refractivity contribution < 1.29 is 4.79 Å². The molecule has 8 nitrogen and oxygen atoms in total. The van der Waals surface area contributed by atoms with Crippen LogP contribution in [0.1, 0.15) is 49.7 Å². The summed E-state index contributed by atoms with van der Waals surface area (Å²) in [6.07, 6.45) is 9.78. The lowest BCUT2D eigenvalue weighted by atomic mass is 9.88. The van der Waals surface area contributed by atoms with Gasteiger partial charge in [0.15, 0.2) is 0 Å². The second-order valence-electron chi connectivity index (χ2n) is 10.5. The summed E-state index contributed by atoms with van der Waals surface area (Å²) in [4.78, 5) is 39.5. The number of H-pyrrole nitrogens is 1. The summed E-state index contributed by atoms with van der Waals surface area (Å²) in [5.41, 5.74) is 1.55. The van der Waals surface area contributed by atoms with E-state index in [0.717, 1.165) is 44.0 Å². The van der Waals surface area contributed by atoms with Gasteiger partial charge in [-0.15, -0.1) is 0 Å². The van der Waals surface area contributed by atoms with Crippen molar-refractivity contribution in [2.45, 2.75) is 51.9 Å². The van der Waals surface area contributed by atoms with Gasteiger partial charge in [-0.05, 0) is 42.5 Å². The molecule has 4 aliphatic heterocycles. The number of nitrogens with zero attached hydrogens (tertiary/aromatic N) is 5. The zero-order chi connectivity index (χ0) is 22.6. The first-order valence-corrected chi connectivity index (χ1v) is 11.4. The SMILES string of the molecule is Cn1c2c([nH]c1=O)C=CC(N1CC3CCC1CN3C(=O)c1ccncc1)N2CC(C)(C)C. The van der Waals surface area contributed by atoms with Crippen molar-refractivity contribution >= 4 is 17.8 Å². The molecule has 3 fully saturated rings. The molecular weight excluding hydrogens is 404 g/mol. The summed E-state index contributed by atoms with van der Waals surface area (Å²) in [5.74, 6) is 1.05. The third-order valence-corrected chi connectivity index (χ3v) is 6.88. The van der Waals surface area contributed by atoms with Gasteiger partial charge in [-0.2, -0.15) is 0 Å². The van der Waals surface area contributed by atoms with E-state index in [9.17, 15) is 9.59 Å². The monoisotopic (exact) mass is 436 g/mol. The number of piperazine rings is 1. The maximum absolute atomic E-state index is 13.1. The van der Waals surface area contributed by atoms with Gasteiger partial charge in [-0.3, -0.25) is 19.2 Å². The van der Waals surface area contributed by atoms with E-state index in [1.807, 2.05) is 13.1 Å². The van der Waals surface area contributed by atoms with E-state index < -0.39 is 0 Å². The Morgan fingerprint density at radius 3 is 2.53 bits per heavy atom. The number of amides is 1. The maximum atomic E-state index is 13.1. The number of aromatic nitrogens is 3. The van der Waals surface area contributed by atoms with Crippen molar-refractivity contribution in [3.05, 3.63) is 52.3 Å². The van der Waals surface area contributed by atoms with Crippen LogP contribution in [0.25, 0.3) is 6.08 Å². The highest BCUT2D eigenvalue weighted by molar-refractivity contribution is 5.94. The fraction of sp³-hybridized carbons (Fsp3) is 0.542. The molecule has 3 saturated heterocycles. The zero-order valence-electron chi connectivity index (χ0n) is 19.3. The number of pyridine rings is 1. The Hall–Kier alpha value is -2.87.